The van der Waals surface area contributed by atoms with Gasteiger partial charge in [0, 0.05) is 18.5 Å². The molecule has 1 aliphatic heterocycles. The summed E-state index contributed by atoms with van der Waals surface area (Å²) in [6.45, 7) is 17.6. The van der Waals surface area contributed by atoms with Crippen LogP contribution in [0.1, 0.15) is 61.3 Å². The standard InChI is InChI=1S/C19H38N4O3.HI/c1-8-19(9-2,23-16(24)26-17(4,5)6)12-22-15(20-10-3)21-11-18(7)13-25-14-18;/h8-14H2,1-7H3,(H,23,24)(H2,20,21,22);1H. The van der Waals surface area contributed by atoms with Crippen LogP contribution in [0, 0.1) is 5.41 Å². The van der Waals surface area contributed by atoms with Crippen LogP contribution in [0.4, 0.5) is 4.79 Å². The Hall–Kier alpha value is -0.770. The number of amides is 1. The van der Waals surface area contributed by atoms with Crippen LogP contribution in [0.5, 0.6) is 0 Å². The number of ether oxygens (including phenoxy) is 2. The van der Waals surface area contributed by atoms with Gasteiger partial charge in [-0.05, 0) is 40.5 Å². The van der Waals surface area contributed by atoms with E-state index in [4.69, 9.17) is 14.5 Å². The van der Waals surface area contributed by atoms with Gasteiger partial charge in [-0.15, -0.1) is 24.0 Å². The molecule has 1 amide bonds. The highest BCUT2D eigenvalue weighted by molar-refractivity contribution is 14.0. The van der Waals surface area contributed by atoms with Crippen LogP contribution >= 0.6 is 24.0 Å². The molecule has 0 bridgehead atoms. The Balaban J connectivity index is 0.00000676. The van der Waals surface area contributed by atoms with Gasteiger partial charge in [-0.1, -0.05) is 20.8 Å². The van der Waals surface area contributed by atoms with E-state index in [2.05, 4.69) is 36.7 Å². The zero-order chi connectivity index (χ0) is 19.8. The minimum Gasteiger partial charge on any atom is -0.444 e. The molecule has 0 aromatic rings. The first-order chi connectivity index (χ1) is 12.1. The molecule has 1 aliphatic rings. The third-order valence-corrected chi connectivity index (χ3v) is 4.59. The van der Waals surface area contributed by atoms with Gasteiger partial charge in [-0.3, -0.25) is 4.99 Å². The molecule has 0 aliphatic carbocycles. The highest BCUT2D eigenvalue weighted by atomic mass is 127. The number of carbonyl (C=O) groups excluding carboxylic acids is 1. The van der Waals surface area contributed by atoms with Crippen molar-refractivity contribution < 1.29 is 14.3 Å². The number of halogens is 1. The number of alkyl carbamates (subject to hydrolysis) is 1. The largest absolute Gasteiger partial charge is 0.444 e. The summed E-state index contributed by atoms with van der Waals surface area (Å²) < 4.78 is 10.7. The molecule has 3 N–H and O–H groups in total. The van der Waals surface area contributed by atoms with Crippen LogP contribution in [0.2, 0.25) is 0 Å². The molecule has 1 saturated heterocycles. The summed E-state index contributed by atoms with van der Waals surface area (Å²) in [5, 5.41) is 9.70. The predicted molar refractivity (Wildman–Crippen MR) is 121 cm³/mol. The van der Waals surface area contributed by atoms with E-state index in [9.17, 15) is 4.79 Å². The molecule has 1 fully saturated rings. The number of hydrogen-bond acceptors (Lipinski definition) is 4. The minimum absolute atomic E-state index is 0. The van der Waals surface area contributed by atoms with Gasteiger partial charge in [0.1, 0.15) is 5.60 Å². The van der Waals surface area contributed by atoms with E-state index in [0.29, 0.717) is 6.54 Å². The summed E-state index contributed by atoms with van der Waals surface area (Å²) in [4.78, 5) is 17.0. The van der Waals surface area contributed by atoms with E-state index >= 15 is 0 Å². The Morgan fingerprint density at radius 1 is 1.15 bits per heavy atom. The number of aliphatic imine (C=N–C) groups is 1. The second kappa shape index (κ2) is 11.3. The minimum atomic E-state index is -0.517. The van der Waals surface area contributed by atoms with Crippen LogP contribution in [-0.2, 0) is 9.47 Å². The molecular formula is C19H39IN4O3. The molecule has 0 radical (unpaired) electrons. The number of hydrogen-bond donors (Lipinski definition) is 3. The van der Waals surface area contributed by atoms with E-state index in [1.165, 1.54) is 0 Å². The molecule has 0 saturated carbocycles. The Kier molecular flexibility index (Phi) is 11.0. The molecule has 7 nitrogen and oxygen atoms in total. The molecule has 0 spiro atoms. The molecule has 0 aromatic heterocycles. The summed E-state index contributed by atoms with van der Waals surface area (Å²) in [5.41, 5.74) is -0.775. The summed E-state index contributed by atoms with van der Waals surface area (Å²) >= 11 is 0. The number of guanidine groups is 1. The van der Waals surface area contributed by atoms with Gasteiger partial charge < -0.3 is 25.4 Å². The van der Waals surface area contributed by atoms with Crippen molar-refractivity contribution in [1.82, 2.24) is 16.0 Å². The summed E-state index contributed by atoms with van der Waals surface area (Å²) in [7, 11) is 0. The molecule has 8 heteroatoms. The first-order valence-corrected chi connectivity index (χ1v) is 9.68. The monoisotopic (exact) mass is 498 g/mol. The van der Waals surface area contributed by atoms with Gasteiger partial charge in [0.2, 0.25) is 0 Å². The highest BCUT2D eigenvalue weighted by Crippen LogP contribution is 2.25. The van der Waals surface area contributed by atoms with Gasteiger partial charge in [-0.2, -0.15) is 0 Å². The number of rotatable bonds is 8. The summed E-state index contributed by atoms with van der Waals surface area (Å²) in [6, 6.07) is 0. The SMILES string of the molecule is CCNC(=NCC(CC)(CC)NC(=O)OC(C)(C)C)NCC1(C)COC1.I. The highest BCUT2D eigenvalue weighted by Gasteiger charge is 2.34. The fraction of sp³-hybridized carbons (Fsp3) is 0.895. The normalized spacial score (nSPS) is 16.6. The zero-order valence-electron chi connectivity index (χ0n) is 18.0. The third kappa shape index (κ3) is 9.32. The van der Waals surface area contributed by atoms with Gasteiger partial charge in [0.25, 0.3) is 0 Å². The van der Waals surface area contributed by atoms with Gasteiger partial charge in [-0.25, -0.2) is 4.79 Å². The Morgan fingerprint density at radius 2 is 1.74 bits per heavy atom. The Bertz CT molecular complexity index is 484. The lowest BCUT2D eigenvalue weighted by atomic mass is 9.89. The van der Waals surface area contributed by atoms with Crippen LogP contribution < -0.4 is 16.0 Å². The van der Waals surface area contributed by atoms with Crippen molar-refractivity contribution in [2.75, 3.05) is 32.8 Å². The average molecular weight is 498 g/mol. The molecule has 160 valence electrons. The second-order valence-corrected chi connectivity index (χ2v) is 8.47. The van der Waals surface area contributed by atoms with Gasteiger partial charge in [0.15, 0.2) is 5.96 Å². The van der Waals surface area contributed by atoms with Crippen LogP contribution in [0.3, 0.4) is 0 Å². The third-order valence-electron chi connectivity index (χ3n) is 4.59. The van der Waals surface area contributed by atoms with E-state index in [-0.39, 0.29) is 29.4 Å². The number of carbonyl (C=O) groups is 1. The van der Waals surface area contributed by atoms with Crippen molar-refractivity contribution in [3.8, 4) is 0 Å². The average Bonchev–Trinajstić information content (AvgIpc) is 2.52. The van der Waals surface area contributed by atoms with Gasteiger partial charge >= 0.3 is 6.09 Å². The molecule has 0 unspecified atom stereocenters. The smallest absolute Gasteiger partial charge is 0.408 e. The molecule has 1 rings (SSSR count). The Morgan fingerprint density at radius 3 is 2.15 bits per heavy atom. The van der Waals surface area contributed by atoms with E-state index in [0.717, 1.165) is 45.1 Å². The first-order valence-electron chi connectivity index (χ1n) is 9.68. The lowest BCUT2D eigenvalue weighted by Gasteiger charge is -2.38. The molecule has 0 aromatic carbocycles. The topological polar surface area (TPSA) is 84.0 Å². The van der Waals surface area contributed by atoms with Crippen LogP contribution in [0.15, 0.2) is 4.99 Å². The Labute approximate surface area is 181 Å². The number of nitrogens with one attached hydrogen (secondary N) is 3. The predicted octanol–water partition coefficient (Wildman–Crippen LogP) is 3.28. The molecule has 1 heterocycles. The fourth-order valence-electron chi connectivity index (χ4n) is 2.63. The summed E-state index contributed by atoms with van der Waals surface area (Å²) in [5.74, 6) is 0.762. The van der Waals surface area contributed by atoms with E-state index in [1.807, 2.05) is 27.7 Å². The van der Waals surface area contributed by atoms with Crippen molar-refractivity contribution in [3.05, 3.63) is 0 Å². The first kappa shape index (κ1) is 26.2. The van der Waals surface area contributed by atoms with Crippen molar-refractivity contribution in [3.63, 3.8) is 0 Å². The van der Waals surface area contributed by atoms with E-state index in [1.54, 1.807) is 0 Å². The van der Waals surface area contributed by atoms with Crippen molar-refractivity contribution in [1.29, 1.82) is 0 Å². The quantitative estimate of drug-likeness (QED) is 0.272. The molecule has 27 heavy (non-hydrogen) atoms. The maximum absolute atomic E-state index is 12.2. The van der Waals surface area contributed by atoms with Crippen LogP contribution in [-0.4, -0.2) is 56.0 Å². The van der Waals surface area contributed by atoms with Crippen molar-refractivity contribution >= 4 is 36.0 Å². The zero-order valence-corrected chi connectivity index (χ0v) is 20.4. The van der Waals surface area contributed by atoms with E-state index < -0.39 is 17.2 Å². The maximum Gasteiger partial charge on any atom is 0.408 e. The number of nitrogens with zero attached hydrogens (tertiary/aromatic N) is 1. The molecular weight excluding hydrogens is 459 g/mol. The lowest BCUT2D eigenvalue weighted by molar-refractivity contribution is -0.0971. The van der Waals surface area contributed by atoms with Crippen LogP contribution in [0.25, 0.3) is 0 Å². The van der Waals surface area contributed by atoms with Crippen molar-refractivity contribution in [2.24, 2.45) is 10.4 Å². The second-order valence-electron chi connectivity index (χ2n) is 8.47. The summed E-state index contributed by atoms with van der Waals surface area (Å²) in [6.07, 6.45) is 1.16. The van der Waals surface area contributed by atoms with Crippen molar-refractivity contribution in [2.45, 2.75) is 72.4 Å². The van der Waals surface area contributed by atoms with Gasteiger partial charge in [0.05, 0.1) is 25.3 Å². The lowest BCUT2D eigenvalue weighted by Crippen LogP contribution is -2.53. The fourth-order valence-corrected chi connectivity index (χ4v) is 2.63. The molecule has 0 atom stereocenters. The maximum atomic E-state index is 12.2.